The molecule has 1 aliphatic heterocycles. The van der Waals surface area contributed by atoms with Crippen molar-refractivity contribution in [1.82, 2.24) is 0 Å². The fraction of sp³-hybridized carbons (Fsp3) is 0.462. The van der Waals surface area contributed by atoms with Gasteiger partial charge in [0.1, 0.15) is 11.9 Å². The van der Waals surface area contributed by atoms with Crippen molar-refractivity contribution in [1.29, 1.82) is 0 Å². The molecular formula is C13H14BrFO2. The van der Waals surface area contributed by atoms with E-state index in [9.17, 15) is 9.18 Å². The van der Waals surface area contributed by atoms with E-state index in [0.29, 0.717) is 16.6 Å². The molecule has 1 aromatic rings. The third kappa shape index (κ3) is 2.93. The van der Waals surface area contributed by atoms with Gasteiger partial charge in [0.25, 0.3) is 0 Å². The van der Waals surface area contributed by atoms with Crippen LogP contribution in [0.25, 0.3) is 0 Å². The Balaban J connectivity index is 2.07. The quantitative estimate of drug-likeness (QED) is 0.857. The van der Waals surface area contributed by atoms with Crippen molar-refractivity contribution in [3.63, 3.8) is 0 Å². The molecule has 0 N–H and O–H groups in total. The highest BCUT2D eigenvalue weighted by atomic mass is 79.9. The number of rotatable bonds is 3. The smallest absolute Gasteiger partial charge is 0.166 e. The lowest BCUT2D eigenvalue weighted by Gasteiger charge is -2.13. The summed E-state index contributed by atoms with van der Waals surface area (Å²) in [5.74, 6) is -0.143. The van der Waals surface area contributed by atoms with Crippen molar-refractivity contribution >= 4 is 21.7 Å². The lowest BCUT2D eigenvalue weighted by molar-refractivity contribution is -0.128. The van der Waals surface area contributed by atoms with Gasteiger partial charge in [0.2, 0.25) is 0 Å². The van der Waals surface area contributed by atoms with E-state index in [1.807, 2.05) is 6.92 Å². The zero-order chi connectivity index (χ0) is 12.4. The van der Waals surface area contributed by atoms with Crippen LogP contribution in [0.4, 0.5) is 4.39 Å². The van der Waals surface area contributed by atoms with E-state index in [1.54, 1.807) is 12.1 Å². The van der Waals surface area contributed by atoms with E-state index in [1.165, 1.54) is 6.07 Å². The average molecular weight is 301 g/mol. The van der Waals surface area contributed by atoms with E-state index in [2.05, 4.69) is 15.9 Å². The molecule has 0 aliphatic carbocycles. The number of carbonyl (C=O) groups is 1. The van der Waals surface area contributed by atoms with Gasteiger partial charge in [-0.25, -0.2) is 4.39 Å². The second-order valence-corrected chi connectivity index (χ2v) is 5.35. The zero-order valence-electron chi connectivity index (χ0n) is 9.58. The first kappa shape index (κ1) is 12.7. The molecule has 1 aromatic carbocycles. The molecule has 1 heterocycles. The number of benzene rings is 1. The Labute approximate surface area is 108 Å². The van der Waals surface area contributed by atoms with Crippen molar-refractivity contribution in [3.05, 3.63) is 34.1 Å². The van der Waals surface area contributed by atoms with Crippen LogP contribution in [0, 0.1) is 11.7 Å². The topological polar surface area (TPSA) is 26.3 Å². The second kappa shape index (κ2) is 5.27. The predicted octanol–water partition coefficient (Wildman–Crippen LogP) is 3.12. The number of Topliss-reactive ketones (excluding diaryl/α,β-unsaturated/α-hetero) is 1. The highest BCUT2D eigenvalue weighted by Gasteiger charge is 2.30. The molecule has 2 atom stereocenters. The van der Waals surface area contributed by atoms with Crippen LogP contribution in [-0.2, 0) is 16.0 Å². The van der Waals surface area contributed by atoms with Gasteiger partial charge in [-0.05, 0) is 30.0 Å². The van der Waals surface area contributed by atoms with Crippen LogP contribution in [0.1, 0.15) is 18.9 Å². The maximum absolute atomic E-state index is 13.6. The predicted molar refractivity (Wildman–Crippen MR) is 66.3 cm³/mol. The van der Waals surface area contributed by atoms with Gasteiger partial charge in [-0.15, -0.1) is 0 Å². The van der Waals surface area contributed by atoms with Gasteiger partial charge < -0.3 is 4.74 Å². The van der Waals surface area contributed by atoms with Crippen LogP contribution in [0.3, 0.4) is 0 Å². The molecule has 2 rings (SSSR count). The lowest BCUT2D eigenvalue weighted by Crippen LogP contribution is -2.27. The maximum Gasteiger partial charge on any atom is 0.166 e. The summed E-state index contributed by atoms with van der Waals surface area (Å²) in [5, 5.41) is 0. The molecule has 17 heavy (non-hydrogen) atoms. The molecule has 0 radical (unpaired) electrons. The molecule has 1 aliphatic rings. The van der Waals surface area contributed by atoms with Crippen molar-refractivity contribution in [2.45, 2.75) is 25.9 Å². The molecule has 0 spiro atoms. The lowest BCUT2D eigenvalue weighted by atomic mass is 9.96. The van der Waals surface area contributed by atoms with Gasteiger partial charge in [0, 0.05) is 17.5 Å². The highest BCUT2D eigenvalue weighted by molar-refractivity contribution is 9.10. The first-order valence-electron chi connectivity index (χ1n) is 5.66. The van der Waals surface area contributed by atoms with Crippen molar-refractivity contribution in [2.24, 2.45) is 5.92 Å². The minimum Gasteiger partial charge on any atom is -0.370 e. The Morgan fingerprint density at radius 3 is 2.94 bits per heavy atom. The Bertz CT molecular complexity index is 433. The van der Waals surface area contributed by atoms with E-state index in [0.717, 1.165) is 6.42 Å². The number of ether oxygens (including phenoxy) is 1. The largest absolute Gasteiger partial charge is 0.370 e. The molecule has 1 fully saturated rings. The van der Waals surface area contributed by atoms with E-state index < -0.39 is 0 Å². The molecule has 2 nitrogen and oxygen atoms in total. The molecule has 0 amide bonds. The minimum atomic E-state index is -0.363. The summed E-state index contributed by atoms with van der Waals surface area (Å²) in [6, 6.07) is 4.75. The monoisotopic (exact) mass is 300 g/mol. The van der Waals surface area contributed by atoms with Gasteiger partial charge in [-0.1, -0.05) is 28.9 Å². The Morgan fingerprint density at radius 2 is 2.35 bits per heavy atom. The first-order chi connectivity index (χ1) is 8.08. The molecule has 0 bridgehead atoms. The normalized spacial score (nSPS) is 23.9. The third-order valence-corrected chi connectivity index (χ3v) is 3.58. The zero-order valence-corrected chi connectivity index (χ0v) is 11.2. The molecule has 1 saturated heterocycles. The number of ketones is 1. The van der Waals surface area contributed by atoms with Crippen LogP contribution >= 0.6 is 15.9 Å². The van der Waals surface area contributed by atoms with Gasteiger partial charge in [-0.3, -0.25) is 4.79 Å². The van der Waals surface area contributed by atoms with E-state index in [4.69, 9.17) is 4.74 Å². The Morgan fingerprint density at radius 1 is 1.59 bits per heavy atom. The molecule has 0 saturated carbocycles. The molecule has 92 valence electrons. The summed E-state index contributed by atoms with van der Waals surface area (Å²) in [6.45, 7) is 2.62. The summed E-state index contributed by atoms with van der Waals surface area (Å²) >= 11 is 3.19. The summed E-state index contributed by atoms with van der Waals surface area (Å²) in [6.07, 6.45) is 0.644. The summed E-state index contributed by atoms with van der Waals surface area (Å²) in [7, 11) is 0. The molecule has 2 unspecified atom stereocenters. The fourth-order valence-electron chi connectivity index (χ4n) is 2.06. The number of carbonyl (C=O) groups excluding carboxylic acids is 1. The summed E-state index contributed by atoms with van der Waals surface area (Å²) < 4.78 is 19.6. The number of hydrogen-bond donors (Lipinski definition) is 0. The number of halogens is 2. The first-order valence-corrected chi connectivity index (χ1v) is 6.45. The van der Waals surface area contributed by atoms with E-state index >= 15 is 0 Å². The van der Waals surface area contributed by atoms with Gasteiger partial charge in [0.05, 0.1) is 0 Å². The maximum atomic E-state index is 13.6. The van der Waals surface area contributed by atoms with Crippen LogP contribution < -0.4 is 0 Å². The third-order valence-electron chi connectivity index (χ3n) is 3.08. The van der Waals surface area contributed by atoms with Crippen molar-refractivity contribution in [3.8, 4) is 0 Å². The minimum absolute atomic E-state index is 0.0313. The summed E-state index contributed by atoms with van der Waals surface area (Å²) in [5.41, 5.74) is 0.431. The molecule has 0 aromatic heterocycles. The van der Waals surface area contributed by atoms with Gasteiger partial charge in [-0.2, -0.15) is 0 Å². The SMILES string of the molecule is CC1CCOC1C(=O)Cc1ccc(Br)cc1F. The Hall–Kier alpha value is -0.740. The van der Waals surface area contributed by atoms with Crippen molar-refractivity contribution < 1.29 is 13.9 Å². The Kier molecular flexibility index (Phi) is 3.94. The molecular weight excluding hydrogens is 287 g/mol. The highest BCUT2D eigenvalue weighted by Crippen LogP contribution is 2.23. The van der Waals surface area contributed by atoms with Gasteiger partial charge >= 0.3 is 0 Å². The fourth-order valence-corrected chi connectivity index (χ4v) is 2.39. The van der Waals surface area contributed by atoms with Crippen LogP contribution in [0.15, 0.2) is 22.7 Å². The average Bonchev–Trinajstić information content (AvgIpc) is 2.68. The van der Waals surface area contributed by atoms with Crippen LogP contribution in [0.5, 0.6) is 0 Å². The van der Waals surface area contributed by atoms with Crippen molar-refractivity contribution in [2.75, 3.05) is 6.61 Å². The van der Waals surface area contributed by atoms with Crippen LogP contribution in [-0.4, -0.2) is 18.5 Å². The number of hydrogen-bond acceptors (Lipinski definition) is 2. The van der Waals surface area contributed by atoms with Gasteiger partial charge in [0.15, 0.2) is 5.78 Å². The summed E-state index contributed by atoms with van der Waals surface area (Å²) in [4.78, 5) is 12.0. The molecule has 4 heteroatoms. The standard InChI is InChI=1S/C13H14BrFO2/c1-8-4-5-17-13(8)12(16)6-9-2-3-10(14)7-11(9)15/h2-3,7-8,13H,4-6H2,1H3. The van der Waals surface area contributed by atoms with Crippen LogP contribution in [0.2, 0.25) is 0 Å². The second-order valence-electron chi connectivity index (χ2n) is 4.44. The van der Waals surface area contributed by atoms with E-state index in [-0.39, 0.29) is 30.0 Å².